The van der Waals surface area contributed by atoms with E-state index in [1.807, 2.05) is 22.8 Å². The van der Waals surface area contributed by atoms with E-state index in [9.17, 15) is 14.0 Å². The van der Waals surface area contributed by atoms with Gasteiger partial charge in [-0.05, 0) is 48.7 Å². The van der Waals surface area contributed by atoms with Crippen molar-refractivity contribution in [2.24, 2.45) is 0 Å². The summed E-state index contributed by atoms with van der Waals surface area (Å²) in [6.07, 6.45) is 4.40. The fraction of sp³-hybridized carbons (Fsp3) is 0.269. The third kappa shape index (κ3) is 4.92. The van der Waals surface area contributed by atoms with E-state index in [0.29, 0.717) is 30.3 Å². The Hall–Kier alpha value is -4.54. The zero-order valence-corrected chi connectivity index (χ0v) is 20.5. The van der Waals surface area contributed by atoms with E-state index >= 15 is 0 Å². The number of rotatable bonds is 7. The molecule has 0 bridgehead atoms. The summed E-state index contributed by atoms with van der Waals surface area (Å²) >= 11 is 0. The minimum Gasteiger partial charge on any atom is -0.348 e. The number of aromatic amines is 1. The molecule has 3 aromatic heterocycles. The van der Waals surface area contributed by atoms with Crippen molar-refractivity contribution in [3.63, 3.8) is 0 Å². The van der Waals surface area contributed by atoms with Crippen LogP contribution in [0.1, 0.15) is 42.2 Å². The third-order valence-electron chi connectivity index (χ3n) is 6.34. The van der Waals surface area contributed by atoms with Crippen LogP contribution in [0.25, 0.3) is 16.8 Å². The maximum Gasteiger partial charge on any atom is 0.283 e. The van der Waals surface area contributed by atoms with Gasteiger partial charge in [-0.3, -0.25) is 14.7 Å². The van der Waals surface area contributed by atoms with Crippen LogP contribution in [0.5, 0.6) is 0 Å². The summed E-state index contributed by atoms with van der Waals surface area (Å²) in [5, 5.41) is 17.4. The van der Waals surface area contributed by atoms with Crippen LogP contribution < -0.4 is 10.6 Å². The number of H-pyrrole nitrogens is 1. The van der Waals surface area contributed by atoms with Crippen LogP contribution in [0, 0.1) is 0 Å². The first-order valence-electron chi connectivity index (χ1n) is 12.0. The molecule has 0 aliphatic carbocycles. The van der Waals surface area contributed by atoms with Gasteiger partial charge >= 0.3 is 0 Å². The van der Waals surface area contributed by atoms with Crippen LogP contribution >= 0.6 is 0 Å². The number of amides is 2. The predicted molar refractivity (Wildman–Crippen MR) is 138 cm³/mol. The van der Waals surface area contributed by atoms with Crippen molar-refractivity contribution in [2.45, 2.75) is 32.2 Å². The van der Waals surface area contributed by atoms with Gasteiger partial charge in [0.2, 0.25) is 5.95 Å². The molecular weight excluding hydrogens is 475 g/mol. The highest BCUT2D eigenvalue weighted by molar-refractivity contribution is 6.02. The van der Waals surface area contributed by atoms with Crippen molar-refractivity contribution in [1.29, 1.82) is 0 Å². The number of pyridine rings is 1. The number of hydrogen-bond donors (Lipinski definition) is 3. The van der Waals surface area contributed by atoms with E-state index in [1.54, 1.807) is 35.4 Å². The third-order valence-corrected chi connectivity index (χ3v) is 6.34. The molecular formula is C26H27FN8O2. The second-order valence-corrected chi connectivity index (χ2v) is 9.30. The fourth-order valence-corrected chi connectivity index (χ4v) is 4.55. The van der Waals surface area contributed by atoms with Gasteiger partial charge in [-0.2, -0.15) is 10.1 Å². The molecule has 2 amide bonds. The summed E-state index contributed by atoms with van der Waals surface area (Å²) in [6.45, 7) is 8.29. The van der Waals surface area contributed by atoms with Gasteiger partial charge in [0.15, 0.2) is 11.5 Å². The first kappa shape index (κ1) is 24.2. The standard InChI is InChI=1S/C26H27FN8O2/c1-15(2)23-21(18-12-28-29-13-18)8-9-22-32-26(33-35(22)23)31-20-10-11-34(14-20)25(37)17-4-6-19(7-5-17)30-24(36)16(3)27/h4-9,12-13,15,20H,3,10-11,14H2,1-2H3,(H,28,29)(H,30,36)(H,31,33). The zero-order chi connectivity index (χ0) is 26.1. The number of nitrogens with zero attached hydrogens (tertiary/aromatic N) is 5. The molecule has 11 heteroatoms. The average Bonchev–Trinajstić information content (AvgIpc) is 3.64. The molecule has 1 unspecified atom stereocenters. The Morgan fingerprint density at radius 1 is 1.19 bits per heavy atom. The number of carbonyl (C=O) groups excluding carboxylic acids is 2. The Bertz CT molecular complexity index is 1460. The van der Waals surface area contributed by atoms with Crippen molar-refractivity contribution < 1.29 is 14.0 Å². The molecule has 37 heavy (non-hydrogen) atoms. The van der Waals surface area contributed by atoms with E-state index in [2.05, 4.69) is 46.2 Å². The molecule has 3 N–H and O–H groups in total. The Morgan fingerprint density at radius 2 is 1.97 bits per heavy atom. The lowest BCUT2D eigenvalue weighted by Gasteiger charge is -2.17. The summed E-state index contributed by atoms with van der Waals surface area (Å²) in [4.78, 5) is 30.8. The van der Waals surface area contributed by atoms with Gasteiger partial charge in [-0.15, -0.1) is 5.10 Å². The van der Waals surface area contributed by atoms with E-state index in [-0.39, 0.29) is 17.9 Å². The molecule has 1 atom stereocenters. The van der Waals surface area contributed by atoms with E-state index in [0.717, 1.165) is 28.9 Å². The number of hydrogen-bond acceptors (Lipinski definition) is 6. The van der Waals surface area contributed by atoms with E-state index in [1.165, 1.54) is 0 Å². The van der Waals surface area contributed by atoms with E-state index < -0.39 is 11.7 Å². The van der Waals surface area contributed by atoms with Crippen molar-refractivity contribution in [3.8, 4) is 11.1 Å². The number of likely N-dealkylation sites (tertiary alicyclic amines) is 1. The zero-order valence-electron chi connectivity index (χ0n) is 20.5. The SMILES string of the molecule is C=C(F)C(=O)Nc1ccc(C(=O)N2CCC(Nc3nc4ccc(-c5cn[nH]c5)c(C(C)C)n4n3)C2)cc1. The molecule has 5 rings (SSSR count). The van der Waals surface area contributed by atoms with Crippen LogP contribution in [-0.2, 0) is 4.79 Å². The lowest BCUT2D eigenvalue weighted by atomic mass is 10.00. The number of carbonyl (C=O) groups is 2. The normalized spacial score (nSPS) is 15.4. The maximum atomic E-state index is 13.0. The molecule has 4 aromatic rings. The van der Waals surface area contributed by atoms with Gasteiger partial charge in [0.25, 0.3) is 11.8 Å². The summed E-state index contributed by atoms with van der Waals surface area (Å²) in [7, 11) is 0. The lowest BCUT2D eigenvalue weighted by Crippen LogP contribution is -2.31. The Morgan fingerprint density at radius 3 is 2.65 bits per heavy atom. The number of nitrogens with one attached hydrogen (secondary N) is 3. The van der Waals surface area contributed by atoms with Gasteiger partial charge in [0, 0.05) is 47.7 Å². The number of anilines is 2. The Labute approximate surface area is 212 Å². The summed E-state index contributed by atoms with van der Waals surface area (Å²) in [6, 6.07) is 10.3. The first-order chi connectivity index (χ1) is 17.8. The number of aromatic nitrogens is 5. The lowest BCUT2D eigenvalue weighted by molar-refractivity contribution is -0.114. The fourth-order valence-electron chi connectivity index (χ4n) is 4.55. The molecule has 0 spiro atoms. The largest absolute Gasteiger partial charge is 0.348 e. The maximum absolute atomic E-state index is 13.0. The van der Waals surface area contributed by atoms with Crippen molar-refractivity contribution in [2.75, 3.05) is 23.7 Å². The topological polar surface area (TPSA) is 120 Å². The van der Waals surface area contributed by atoms with Gasteiger partial charge in [-0.25, -0.2) is 8.91 Å². The second-order valence-electron chi connectivity index (χ2n) is 9.30. The Balaban J connectivity index is 1.27. The minimum atomic E-state index is -1.07. The number of halogens is 1. The molecule has 1 aliphatic rings. The molecule has 10 nitrogen and oxygen atoms in total. The van der Waals surface area contributed by atoms with Gasteiger partial charge < -0.3 is 15.5 Å². The average molecular weight is 503 g/mol. The smallest absolute Gasteiger partial charge is 0.283 e. The molecule has 1 aliphatic heterocycles. The summed E-state index contributed by atoms with van der Waals surface area (Å²) < 4.78 is 14.8. The van der Waals surface area contributed by atoms with Gasteiger partial charge in [0.05, 0.1) is 11.9 Å². The van der Waals surface area contributed by atoms with Crippen LogP contribution in [0.15, 0.2) is 61.2 Å². The van der Waals surface area contributed by atoms with E-state index in [4.69, 9.17) is 5.10 Å². The van der Waals surface area contributed by atoms with Crippen LogP contribution in [-0.4, -0.2) is 60.6 Å². The summed E-state index contributed by atoms with van der Waals surface area (Å²) in [5.41, 5.74) is 4.69. The van der Waals surface area contributed by atoms with Crippen LogP contribution in [0.4, 0.5) is 16.0 Å². The molecule has 1 fully saturated rings. The minimum absolute atomic E-state index is 0.00587. The number of benzene rings is 1. The van der Waals surface area contributed by atoms with Crippen LogP contribution in [0.2, 0.25) is 0 Å². The predicted octanol–water partition coefficient (Wildman–Crippen LogP) is 3.99. The van der Waals surface area contributed by atoms with Crippen molar-refractivity contribution in [1.82, 2.24) is 29.7 Å². The van der Waals surface area contributed by atoms with Crippen LogP contribution in [0.3, 0.4) is 0 Å². The summed E-state index contributed by atoms with van der Waals surface area (Å²) in [5.74, 6) is -1.38. The van der Waals surface area contributed by atoms with Gasteiger partial charge in [-0.1, -0.05) is 20.4 Å². The van der Waals surface area contributed by atoms with Crippen molar-refractivity contribution in [3.05, 3.63) is 72.5 Å². The molecule has 4 heterocycles. The molecule has 190 valence electrons. The first-order valence-corrected chi connectivity index (χ1v) is 12.0. The van der Waals surface area contributed by atoms with Gasteiger partial charge in [0.1, 0.15) is 0 Å². The monoisotopic (exact) mass is 502 g/mol. The molecule has 0 radical (unpaired) electrons. The Kier molecular flexibility index (Phi) is 6.43. The highest BCUT2D eigenvalue weighted by Crippen LogP contribution is 2.30. The second kappa shape index (κ2) is 9.84. The molecule has 0 saturated carbocycles. The van der Waals surface area contributed by atoms with Crippen molar-refractivity contribution >= 4 is 29.1 Å². The highest BCUT2D eigenvalue weighted by atomic mass is 19.1. The number of fused-ring (bicyclic) bond motifs is 1. The quantitative estimate of drug-likeness (QED) is 0.329. The molecule has 1 saturated heterocycles. The highest BCUT2D eigenvalue weighted by Gasteiger charge is 2.28. The molecule has 1 aromatic carbocycles.